The lowest BCUT2D eigenvalue weighted by Crippen LogP contribution is -2.19. The number of hydrogen-bond donors (Lipinski definition) is 1. The van der Waals surface area contributed by atoms with E-state index < -0.39 is 0 Å². The first-order valence-corrected chi connectivity index (χ1v) is 10.8. The second-order valence-corrected chi connectivity index (χ2v) is 8.40. The Bertz CT molecular complexity index is 1160. The number of aryl methyl sites for hydroxylation is 1. The fourth-order valence-electron chi connectivity index (χ4n) is 3.27. The highest BCUT2D eigenvalue weighted by Crippen LogP contribution is 2.33. The number of carbonyl (C=O) groups excluding carboxylic acids is 1. The van der Waals surface area contributed by atoms with Crippen molar-refractivity contribution in [1.29, 1.82) is 0 Å². The van der Waals surface area contributed by atoms with Crippen LogP contribution in [-0.2, 0) is 4.79 Å². The smallest absolute Gasteiger partial charge is 0.264 e. The van der Waals surface area contributed by atoms with Crippen LogP contribution in [0.15, 0.2) is 45.7 Å². The number of amidine groups is 1. The zero-order chi connectivity index (χ0) is 21.3. The first-order chi connectivity index (χ1) is 14.5. The fourth-order valence-corrected chi connectivity index (χ4v) is 4.66. The quantitative estimate of drug-likeness (QED) is 0.593. The number of thiazole rings is 1. The van der Waals surface area contributed by atoms with Gasteiger partial charge in [-0.15, -0.1) is 11.3 Å². The van der Waals surface area contributed by atoms with Crippen LogP contribution in [0.5, 0.6) is 11.5 Å². The molecule has 0 spiro atoms. The van der Waals surface area contributed by atoms with Crippen molar-refractivity contribution in [1.82, 2.24) is 14.9 Å². The maximum Gasteiger partial charge on any atom is 0.264 e. The van der Waals surface area contributed by atoms with Gasteiger partial charge in [0.2, 0.25) is 5.13 Å². The molecular formula is C21H20N4O3S2. The van der Waals surface area contributed by atoms with Crippen molar-refractivity contribution in [2.75, 3.05) is 14.2 Å². The highest BCUT2D eigenvalue weighted by Gasteiger charge is 2.25. The second kappa shape index (κ2) is 8.37. The minimum Gasteiger partial charge on any atom is -0.493 e. The average molecular weight is 441 g/mol. The Morgan fingerprint density at radius 3 is 2.67 bits per heavy atom. The van der Waals surface area contributed by atoms with E-state index in [1.807, 2.05) is 43.5 Å². The van der Waals surface area contributed by atoms with Crippen molar-refractivity contribution >= 4 is 45.4 Å². The number of amides is 1. The van der Waals surface area contributed by atoms with Gasteiger partial charge in [-0.1, -0.05) is 0 Å². The molecule has 3 aromatic rings. The molecule has 1 fully saturated rings. The molecule has 1 amide bonds. The van der Waals surface area contributed by atoms with Crippen LogP contribution in [0.4, 0.5) is 5.13 Å². The molecule has 0 atom stereocenters. The van der Waals surface area contributed by atoms with Crippen LogP contribution in [0.2, 0.25) is 0 Å². The van der Waals surface area contributed by atoms with Crippen LogP contribution in [0, 0.1) is 13.8 Å². The highest BCUT2D eigenvalue weighted by atomic mass is 32.2. The third kappa shape index (κ3) is 3.86. The van der Waals surface area contributed by atoms with Gasteiger partial charge in [-0.25, -0.2) is 4.98 Å². The molecule has 0 saturated carbocycles. The van der Waals surface area contributed by atoms with Crippen LogP contribution in [0.3, 0.4) is 0 Å². The average Bonchev–Trinajstić information content (AvgIpc) is 3.43. The predicted octanol–water partition coefficient (Wildman–Crippen LogP) is 4.46. The van der Waals surface area contributed by atoms with Gasteiger partial charge in [0.05, 0.1) is 19.1 Å². The van der Waals surface area contributed by atoms with Gasteiger partial charge in [0.25, 0.3) is 5.91 Å². The zero-order valence-electron chi connectivity index (χ0n) is 16.9. The molecule has 1 aromatic carbocycles. The van der Waals surface area contributed by atoms with Crippen molar-refractivity contribution in [2.45, 2.75) is 13.8 Å². The Labute approximate surface area is 182 Å². The SMILES string of the molecule is COc1ccc(-n2c(C)cc(/C=C3\S/C(=N/c4nccs4)NC3=O)c2C)cc1OC. The van der Waals surface area contributed by atoms with Crippen molar-refractivity contribution in [2.24, 2.45) is 4.99 Å². The van der Waals surface area contributed by atoms with Gasteiger partial charge in [0.15, 0.2) is 16.7 Å². The maximum absolute atomic E-state index is 12.4. The van der Waals surface area contributed by atoms with Gasteiger partial charge in [-0.2, -0.15) is 4.99 Å². The molecule has 7 nitrogen and oxygen atoms in total. The van der Waals surface area contributed by atoms with Crippen molar-refractivity contribution < 1.29 is 14.3 Å². The van der Waals surface area contributed by atoms with Gasteiger partial charge in [-0.05, 0) is 55.4 Å². The van der Waals surface area contributed by atoms with E-state index in [0.29, 0.717) is 26.7 Å². The number of methoxy groups -OCH3 is 2. The minimum atomic E-state index is -0.161. The van der Waals surface area contributed by atoms with Crippen LogP contribution in [-0.4, -0.2) is 34.8 Å². The lowest BCUT2D eigenvalue weighted by Gasteiger charge is -2.13. The Kier molecular flexibility index (Phi) is 5.65. The number of benzene rings is 1. The summed E-state index contributed by atoms with van der Waals surface area (Å²) in [4.78, 5) is 21.5. The van der Waals surface area contributed by atoms with Crippen LogP contribution in [0.25, 0.3) is 11.8 Å². The van der Waals surface area contributed by atoms with Gasteiger partial charge < -0.3 is 19.4 Å². The molecule has 4 rings (SSSR count). The Morgan fingerprint density at radius 1 is 1.17 bits per heavy atom. The number of aliphatic imine (C=N–C) groups is 1. The second-order valence-electron chi connectivity index (χ2n) is 6.50. The van der Waals surface area contributed by atoms with E-state index in [-0.39, 0.29) is 5.91 Å². The summed E-state index contributed by atoms with van der Waals surface area (Å²) in [5.41, 5.74) is 4.00. The van der Waals surface area contributed by atoms with Crippen molar-refractivity contribution in [3.8, 4) is 17.2 Å². The molecule has 9 heteroatoms. The van der Waals surface area contributed by atoms with E-state index >= 15 is 0 Å². The lowest BCUT2D eigenvalue weighted by atomic mass is 10.2. The summed E-state index contributed by atoms with van der Waals surface area (Å²) in [6, 6.07) is 7.86. The third-order valence-corrected chi connectivity index (χ3v) is 6.22. The van der Waals surface area contributed by atoms with Crippen LogP contribution < -0.4 is 14.8 Å². The van der Waals surface area contributed by atoms with E-state index in [2.05, 4.69) is 25.9 Å². The lowest BCUT2D eigenvalue weighted by molar-refractivity contribution is -0.115. The summed E-state index contributed by atoms with van der Waals surface area (Å²) in [5, 5.41) is 5.80. The van der Waals surface area contributed by atoms with Gasteiger partial charge in [0.1, 0.15) is 0 Å². The third-order valence-electron chi connectivity index (χ3n) is 4.65. The fraction of sp³-hybridized carbons (Fsp3) is 0.190. The number of carbonyl (C=O) groups is 1. The number of nitrogens with one attached hydrogen (secondary N) is 1. The number of hydrogen-bond acceptors (Lipinski definition) is 7. The Balaban J connectivity index is 1.67. The summed E-state index contributed by atoms with van der Waals surface area (Å²) in [7, 11) is 3.23. The molecule has 30 heavy (non-hydrogen) atoms. The van der Waals surface area contributed by atoms with Gasteiger partial charge in [-0.3, -0.25) is 4.79 Å². The molecule has 1 saturated heterocycles. The number of thioether (sulfide) groups is 1. The largest absolute Gasteiger partial charge is 0.493 e. The summed E-state index contributed by atoms with van der Waals surface area (Å²) < 4.78 is 12.9. The van der Waals surface area contributed by atoms with Crippen LogP contribution in [0.1, 0.15) is 17.0 Å². The van der Waals surface area contributed by atoms with Crippen molar-refractivity contribution in [3.05, 3.63) is 57.7 Å². The molecule has 0 radical (unpaired) electrons. The topological polar surface area (TPSA) is 77.7 Å². The summed E-state index contributed by atoms with van der Waals surface area (Å²) >= 11 is 2.74. The van der Waals surface area contributed by atoms with E-state index in [9.17, 15) is 4.79 Å². The molecule has 0 bridgehead atoms. The molecule has 2 aromatic heterocycles. The molecule has 3 heterocycles. The molecule has 0 aliphatic carbocycles. The predicted molar refractivity (Wildman–Crippen MR) is 121 cm³/mol. The van der Waals surface area contributed by atoms with E-state index in [1.165, 1.54) is 23.1 Å². The zero-order valence-corrected chi connectivity index (χ0v) is 18.6. The monoisotopic (exact) mass is 440 g/mol. The van der Waals surface area contributed by atoms with E-state index in [4.69, 9.17) is 9.47 Å². The number of nitrogens with zero attached hydrogens (tertiary/aromatic N) is 3. The Hall–Kier alpha value is -3.04. The molecule has 1 N–H and O–H groups in total. The summed E-state index contributed by atoms with van der Waals surface area (Å²) in [6.07, 6.45) is 3.58. The normalized spacial score (nSPS) is 16.3. The molecule has 0 unspecified atom stereocenters. The molecule has 1 aliphatic rings. The first-order valence-electron chi connectivity index (χ1n) is 9.10. The standard InChI is InChI=1S/C21H20N4O3S2/c1-12-9-14(10-18-19(26)23-21(30-18)24-20-22-7-8-29-20)13(2)25(12)15-5-6-16(27-3)17(11-15)28-4/h5-11H,1-4H3,(H,22,23,24,26)/b18-10-. The number of ether oxygens (including phenoxy) is 2. The number of rotatable bonds is 5. The summed E-state index contributed by atoms with van der Waals surface area (Å²) in [5.74, 6) is 1.18. The van der Waals surface area contributed by atoms with E-state index in [1.54, 1.807) is 20.4 Å². The van der Waals surface area contributed by atoms with Gasteiger partial charge >= 0.3 is 0 Å². The van der Waals surface area contributed by atoms with Gasteiger partial charge in [0, 0.05) is 34.7 Å². The molecular weight excluding hydrogens is 420 g/mol. The Morgan fingerprint density at radius 2 is 1.97 bits per heavy atom. The van der Waals surface area contributed by atoms with Crippen LogP contribution >= 0.6 is 23.1 Å². The number of aromatic nitrogens is 2. The maximum atomic E-state index is 12.4. The molecule has 1 aliphatic heterocycles. The molecule has 154 valence electrons. The minimum absolute atomic E-state index is 0.161. The van der Waals surface area contributed by atoms with Crippen molar-refractivity contribution in [3.63, 3.8) is 0 Å². The van der Waals surface area contributed by atoms with E-state index in [0.717, 1.165) is 22.6 Å². The highest BCUT2D eigenvalue weighted by molar-refractivity contribution is 8.18. The first kappa shape index (κ1) is 20.2. The summed E-state index contributed by atoms with van der Waals surface area (Å²) in [6.45, 7) is 4.06.